The summed E-state index contributed by atoms with van der Waals surface area (Å²) in [5.41, 5.74) is 2.11. The van der Waals surface area contributed by atoms with Gasteiger partial charge in [0.15, 0.2) is 0 Å². The topological polar surface area (TPSA) is 145 Å². The van der Waals surface area contributed by atoms with Crippen LogP contribution in [0.5, 0.6) is 0 Å². The van der Waals surface area contributed by atoms with Crippen LogP contribution in [0.2, 0.25) is 0 Å². The first-order valence-corrected chi connectivity index (χ1v) is 9.71. The second-order valence-electron chi connectivity index (χ2n) is 5.30. The lowest BCUT2D eigenvalue weighted by Crippen LogP contribution is -2.54. The van der Waals surface area contributed by atoms with Crippen molar-refractivity contribution in [3.63, 3.8) is 0 Å². The molecule has 128 valence electrons. The largest absolute Gasteiger partial charge is 0.413 e. The van der Waals surface area contributed by atoms with E-state index in [1.807, 2.05) is 4.83 Å². The average molecular weight is 358 g/mol. The molecule has 22 heavy (non-hydrogen) atoms. The van der Waals surface area contributed by atoms with E-state index in [0.717, 1.165) is 11.3 Å². The molecule has 11 nitrogen and oxygen atoms in total. The summed E-state index contributed by atoms with van der Waals surface area (Å²) in [6.45, 7) is 1.99. The highest BCUT2D eigenvalue weighted by Crippen LogP contribution is 2.33. The third-order valence-corrected chi connectivity index (χ3v) is 4.48. The number of piperidine rings is 1. The lowest BCUT2D eigenvalue weighted by molar-refractivity contribution is -0.131. The van der Waals surface area contributed by atoms with Crippen LogP contribution in [-0.4, -0.2) is 68.3 Å². The van der Waals surface area contributed by atoms with Crippen molar-refractivity contribution in [2.45, 2.75) is 38.0 Å². The third kappa shape index (κ3) is 4.13. The van der Waals surface area contributed by atoms with Gasteiger partial charge < -0.3 is 0 Å². The first-order chi connectivity index (χ1) is 9.98. The average Bonchev–Trinajstić information content (AvgIpc) is 2.59. The normalized spacial score (nSPS) is 32.9. The first kappa shape index (κ1) is 17.5. The quantitative estimate of drug-likeness (QED) is 0.368. The summed E-state index contributed by atoms with van der Waals surface area (Å²) in [5.74, 6) is -0.538. The van der Waals surface area contributed by atoms with Crippen LogP contribution in [-0.2, 0) is 29.5 Å². The number of hydrogen-bond acceptors (Lipinski definition) is 8. The monoisotopic (exact) mass is 358 g/mol. The molecule has 2 aliphatic heterocycles. The number of rotatable bonds is 5. The highest BCUT2D eigenvalue weighted by Gasteiger charge is 2.48. The van der Waals surface area contributed by atoms with Crippen LogP contribution in [0, 0.1) is 0 Å². The van der Waals surface area contributed by atoms with Crippen LogP contribution < -0.4 is 10.3 Å². The molecule has 4 atom stereocenters. The molecule has 0 aromatic heterocycles. The number of fused-ring (bicyclic) bond motifs is 2. The van der Waals surface area contributed by atoms with E-state index < -0.39 is 38.5 Å². The predicted octanol–water partition coefficient (Wildman–Crippen LogP) is -2.20. The van der Waals surface area contributed by atoms with E-state index in [9.17, 15) is 21.6 Å². The van der Waals surface area contributed by atoms with Crippen molar-refractivity contribution in [1.29, 1.82) is 0 Å². The Morgan fingerprint density at radius 1 is 1.27 bits per heavy atom. The van der Waals surface area contributed by atoms with Crippen molar-refractivity contribution in [3.8, 4) is 0 Å². The van der Waals surface area contributed by atoms with Crippen molar-refractivity contribution in [1.82, 2.24) is 20.2 Å². The van der Waals surface area contributed by atoms with Gasteiger partial charge in [0.1, 0.15) is 0 Å². The summed E-state index contributed by atoms with van der Waals surface area (Å²) in [6.07, 6.45) is 1.21. The molecule has 2 bridgehead atoms. The molecule has 2 unspecified atom stereocenters. The number of hydrazine groups is 1. The van der Waals surface area contributed by atoms with Crippen molar-refractivity contribution in [3.05, 3.63) is 0 Å². The summed E-state index contributed by atoms with van der Waals surface area (Å²) >= 11 is 0. The molecule has 2 rings (SSSR count). The molecule has 2 heterocycles. The van der Waals surface area contributed by atoms with E-state index in [1.165, 1.54) is 0 Å². The van der Waals surface area contributed by atoms with Crippen LogP contribution in [0.3, 0.4) is 0 Å². The van der Waals surface area contributed by atoms with Gasteiger partial charge >= 0.3 is 10.4 Å². The van der Waals surface area contributed by atoms with Crippen LogP contribution >= 0.6 is 0 Å². The molecule has 0 radical (unpaired) electrons. The summed E-state index contributed by atoms with van der Waals surface area (Å²) in [4.78, 5) is 15.6. The number of hydrogen-bond donors (Lipinski definition) is 3. The molecule has 3 N–H and O–H groups in total. The lowest BCUT2D eigenvalue weighted by atomic mass is 10.0. The third-order valence-electron chi connectivity index (χ3n) is 3.65. The Morgan fingerprint density at radius 2 is 1.91 bits per heavy atom. The number of carbonyl (C=O) groups is 1. The van der Waals surface area contributed by atoms with E-state index in [1.54, 1.807) is 11.8 Å². The van der Waals surface area contributed by atoms with E-state index >= 15 is 0 Å². The Kier molecular flexibility index (Phi) is 4.77. The smallest absolute Gasteiger partial charge is 0.277 e. The molecule has 0 aliphatic carbocycles. The van der Waals surface area contributed by atoms with Crippen molar-refractivity contribution in [2.24, 2.45) is 0 Å². The van der Waals surface area contributed by atoms with E-state index in [4.69, 9.17) is 4.55 Å². The SMILES string of the molecule is CC1N2C[C@H](CC[C@H]2C(=O)NNS(C)(=O)=O)N1OS(=O)(=O)O. The van der Waals surface area contributed by atoms with Crippen molar-refractivity contribution >= 4 is 26.3 Å². The Labute approximate surface area is 128 Å². The Morgan fingerprint density at radius 3 is 2.45 bits per heavy atom. The van der Waals surface area contributed by atoms with Crippen LogP contribution in [0.1, 0.15) is 19.8 Å². The zero-order valence-corrected chi connectivity index (χ0v) is 13.6. The standard InChI is InChI=1S/C9H18N4O7S2/c1-6-12-5-7(13(6)20-22(17,18)19)3-4-8(12)9(14)10-11-21(2,15)16/h6-8,11H,3-5H2,1-2H3,(H,10,14)(H,17,18,19)/t6?,7-,8-/m0/s1. The van der Waals surface area contributed by atoms with Crippen molar-refractivity contribution < 1.29 is 30.5 Å². The number of amides is 1. The molecular formula is C9H18N4O7S2. The molecular weight excluding hydrogens is 340 g/mol. The number of hydroxylamine groups is 2. The molecule has 2 fully saturated rings. The molecule has 0 aromatic rings. The fourth-order valence-corrected chi connectivity index (χ4v) is 3.54. The summed E-state index contributed by atoms with van der Waals surface area (Å²) in [5, 5.41) is 1.13. The molecule has 2 aliphatic rings. The zero-order chi connectivity index (χ0) is 16.7. The second kappa shape index (κ2) is 5.99. The molecule has 0 aromatic carbocycles. The molecule has 13 heteroatoms. The Balaban J connectivity index is 2.05. The van der Waals surface area contributed by atoms with E-state index in [2.05, 4.69) is 9.71 Å². The molecule has 1 amide bonds. The van der Waals surface area contributed by atoms with Gasteiger partial charge in [-0.2, -0.15) is 12.7 Å². The second-order valence-corrected chi connectivity index (χ2v) is 8.05. The Bertz CT molecular complexity index is 649. The number of carbonyl (C=O) groups excluding carboxylic acids is 1. The molecule has 0 spiro atoms. The first-order valence-electron chi connectivity index (χ1n) is 6.45. The number of nitrogens with one attached hydrogen (secondary N) is 2. The van der Waals surface area contributed by atoms with Gasteiger partial charge in [-0.3, -0.25) is 19.7 Å². The number of sulfonamides is 1. The fourth-order valence-electron chi connectivity index (χ4n) is 2.79. The highest BCUT2D eigenvalue weighted by molar-refractivity contribution is 7.88. The highest BCUT2D eigenvalue weighted by atomic mass is 32.3. The van der Waals surface area contributed by atoms with Crippen LogP contribution in [0.25, 0.3) is 0 Å². The maximum atomic E-state index is 12.1. The van der Waals surface area contributed by atoms with Gasteiger partial charge in [0.05, 0.1) is 24.5 Å². The number of nitrogens with zero attached hydrogens (tertiary/aromatic N) is 2. The maximum absolute atomic E-state index is 12.1. The summed E-state index contributed by atoms with van der Waals surface area (Å²) in [6, 6.07) is -0.903. The molecule has 0 saturated carbocycles. The Hall–Kier alpha value is -0.830. The minimum atomic E-state index is -4.64. The van der Waals surface area contributed by atoms with Gasteiger partial charge in [0.25, 0.3) is 5.91 Å². The molecule has 2 saturated heterocycles. The fraction of sp³-hybridized carbons (Fsp3) is 0.889. The minimum absolute atomic E-state index is 0.274. The summed E-state index contributed by atoms with van der Waals surface area (Å²) < 4.78 is 57.1. The lowest BCUT2D eigenvalue weighted by Gasteiger charge is -2.31. The van der Waals surface area contributed by atoms with Gasteiger partial charge in [0, 0.05) is 6.54 Å². The predicted molar refractivity (Wildman–Crippen MR) is 73.6 cm³/mol. The maximum Gasteiger partial charge on any atom is 0.413 e. The minimum Gasteiger partial charge on any atom is -0.277 e. The van der Waals surface area contributed by atoms with Gasteiger partial charge in [-0.1, -0.05) is 0 Å². The van der Waals surface area contributed by atoms with E-state index in [-0.39, 0.29) is 6.04 Å². The van der Waals surface area contributed by atoms with Crippen LogP contribution in [0.4, 0.5) is 0 Å². The zero-order valence-electron chi connectivity index (χ0n) is 12.0. The van der Waals surface area contributed by atoms with Gasteiger partial charge in [0.2, 0.25) is 10.0 Å². The van der Waals surface area contributed by atoms with Gasteiger partial charge in [-0.15, -0.1) is 9.89 Å². The van der Waals surface area contributed by atoms with Crippen LogP contribution in [0.15, 0.2) is 0 Å². The van der Waals surface area contributed by atoms with Gasteiger partial charge in [-0.25, -0.2) is 8.42 Å². The van der Waals surface area contributed by atoms with Crippen molar-refractivity contribution in [2.75, 3.05) is 12.8 Å². The summed E-state index contributed by atoms with van der Waals surface area (Å²) in [7, 11) is -8.21. The van der Waals surface area contributed by atoms with Gasteiger partial charge in [-0.05, 0) is 19.8 Å². The van der Waals surface area contributed by atoms with E-state index in [0.29, 0.717) is 19.4 Å².